The molecule has 7 heteroatoms. The number of fused-ring (bicyclic) bond motifs is 2. The zero-order chi connectivity index (χ0) is 26.8. The largest absolute Gasteiger partial charge is 0.480 e. The first-order chi connectivity index (χ1) is 18.0. The lowest BCUT2D eigenvalue weighted by atomic mass is 9.98. The molecule has 5 rings (SSSR count). The summed E-state index contributed by atoms with van der Waals surface area (Å²) in [6.45, 7) is 13.0. The van der Waals surface area contributed by atoms with Gasteiger partial charge in [-0.25, -0.2) is 9.97 Å². The van der Waals surface area contributed by atoms with Crippen molar-refractivity contribution in [1.29, 1.82) is 0 Å². The predicted octanol–water partition coefficient (Wildman–Crippen LogP) is 6.31. The number of hydrogen-bond acceptors (Lipinski definition) is 5. The lowest BCUT2D eigenvalue weighted by molar-refractivity contribution is -0.146. The van der Waals surface area contributed by atoms with Gasteiger partial charge in [0.15, 0.2) is 0 Å². The topological polar surface area (TPSA) is 82.8 Å². The van der Waals surface area contributed by atoms with E-state index in [4.69, 9.17) is 4.98 Å². The molecule has 5 heterocycles. The normalized spacial score (nSPS) is 15.8. The summed E-state index contributed by atoms with van der Waals surface area (Å²) in [7, 11) is 0. The van der Waals surface area contributed by atoms with E-state index in [0.29, 0.717) is 5.92 Å². The van der Waals surface area contributed by atoms with Crippen molar-refractivity contribution >= 4 is 17.3 Å². The first kappa shape index (κ1) is 28.6. The van der Waals surface area contributed by atoms with Crippen LogP contribution in [0.1, 0.15) is 88.6 Å². The van der Waals surface area contributed by atoms with E-state index in [1.165, 1.54) is 49.8 Å². The average Bonchev–Trinajstić information content (AvgIpc) is 3.28. The average molecular weight is 508 g/mol. The van der Waals surface area contributed by atoms with Crippen LogP contribution >= 0.6 is 0 Å². The third-order valence-electron chi connectivity index (χ3n) is 6.97. The van der Waals surface area contributed by atoms with Crippen LogP contribution in [0.3, 0.4) is 0 Å². The van der Waals surface area contributed by atoms with E-state index >= 15 is 0 Å². The second kappa shape index (κ2) is 14.1. The van der Waals surface area contributed by atoms with Gasteiger partial charge in [-0.1, -0.05) is 59.1 Å². The molecular formula is C30H45N5O2. The molecule has 0 amide bonds. The van der Waals surface area contributed by atoms with Gasteiger partial charge in [-0.15, -0.1) is 0 Å². The zero-order valence-electron chi connectivity index (χ0n) is 23.3. The fourth-order valence-electron chi connectivity index (χ4n) is 5.12. The summed E-state index contributed by atoms with van der Waals surface area (Å²) in [5, 5.41) is 13.0. The standard InChI is InChI=1S/C14H17N3O2.C14H22N2.C2H6/c1-9-7-16(8-9)13(14(18)19)12-5-3-4-11-6-15-10(2)17(11)12;1-2-3-4-5-8-13-10-9-12-7-6-11-15-14(12)16-13;1-2/h3-6,9,13H,7-8H2,1-2H3,(H,18,19);9-10H,2-8,11H2,1H3,(H,15,16);1-2H3. The lowest BCUT2D eigenvalue weighted by Gasteiger charge is -2.41. The quantitative estimate of drug-likeness (QED) is 0.348. The summed E-state index contributed by atoms with van der Waals surface area (Å²) >= 11 is 0. The van der Waals surface area contributed by atoms with E-state index in [1.54, 1.807) is 6.20 Å². The molecule has 1 fully saturated rings. The van der Waals surface area contributed by atoms with Gasteiger partial charge in [-0.05, 0) is 62.3 Å². The number of aliphatic carboxylic acids is 1. The van der Waals surface area contributed by atoms with Crippen molar-refractivity contribution in [2.75, 3.05) is 25.0 Å². The number of carbonyl (C=O) groups is 1. The number of aryl methyl sites for hydroxylation is 3. The summed E-state index contributed by atoms with van der Waals surface area (Å²) in [5.74, 6) is 1.74. The molecule has 3 aromatic rings. The number of carboxylic acid groups (broad SMARTS) is 1. The molecule has 1 unspecified atom stereocenters. The Balaban J connectivity index is 0.000000195. The van der Waals surface area contributed by atoms with Gasteiger partial charge in [-0.2, -0.15) is 0 Å². The number of rotatable bonds is 8. The molecule has 37 heavy (non-hydrogen) atoms. The summed E-state index contributed by atoms with van der Waals surface area (Å²) in [6, 6.07) is 9.59. The maximum absolute atomic E-state index is 11.6. The summed E-state index contributed by atoms with van der Waals surface area (Å²) < 4.78 is 1.93. The van der Waals surface area contributed by atoms with Gasteiger partial charge in [0.05, 0.1) is 17.4 Å². The Morgan fingerprint density at radius 1 is 1.16 bits per heavy atom. The summed E-state index contributed by atoms with van der Waals surface area (Å²) in [4.78, 5) is 22.6. The van der Waals surface area contributed by atoms with Crippen molar-refractivity contribution < 1.29 is 9.90 Å². The van der Waals surface area contributed by atoms with Crippen molar-refractivity contribution in [3.63, 3.8) is 0 Å². The highest BCUT2D eigenvalue weighted by atomic mass is 16.4. The van der Waals surface area contributed by atoms with Crippen LogP contribution in [0.2, 0.25) is 0 Å². The van der Waals surface area contributed by atoms with Crippen molar-refractivity contribution in [1.82, 2.24) is 19.3 Å². The Bertz CT molecular complexity index is 1140. The van der Waals surface area contributed by atoms with Crippen LogP contribution in [0.4, 0.5) is 5.82 Å². The molecule has 0 spiro atoms. The Morgan fingerprint density at radius 3 is 2.65 bits per heavy atom. The first-order valence-corrected chi connectivity index (χ1v) is 14.1. The lowest BCUT2D eigenvalue weighted by Crippen LogP contribution is -2.49. The van der Waals surface area contributed by atoms with E-state index in [2.05, 4.69) is 36.3 Å². The Morgan fingerprint density at radius 2 is 1.95 bits per heavy atom. The maximum atomic E-state index is 11.6. The molecule has 2 aliphatic heterocycles. The zero-order valence-corrected chi connectivity index (χ0v) is 23.3. The fourth-order valence-corrected chi connectivity index (χ4v) is 5.12. The van der Waals surface area contributed by atoms with E-state index in [0.717, 1.165) is 48.9 Å². The molecule has 0 aromatic carbocycles. The van der Waals surface area contributed by atoms with E-state index in [-0.39, 0.29) is 0 Å². The number of hydrogen-bond donors (Lipinski definition) is 2. The molecule has 1 saturated heterocycles. The number of unbranched alkanes of at least 4 members (excludes halogenated alkanes) is 3. The molecule has 1 atom stereocenters. The van der Waals surface area contributed by atoms with Crippen molar-refractivity contribution in [2.45, 2.75) is 85.6 Å². The molecule has 0 aliphatic carbocycles. The Kier molecular flexibility index (Phi) is 10.9. The smallest absolute Gasteiger partial charge is 0.327 e. The first-order valence-electron chi connectivity index (χ1n) is 14.1. The van der Waals surface area contributed by atoms with Gasteiger partial charge < -0.3 is 10.4 Å². The number of anilines is 1. The van der Waals surface area contributed by atoms with Crippen LogP contribution in [-0.4, -0.2) is 50.0 Å². The third-order valence-corrected chi connectivity index (χ3v) is 6.97. The van der Waals surface area contributed by atoms with Gasteiger partial charge >= 0.3 is 5.97 Å². The van der Waals surface area contributed by atoms with Crippen LogP contribution in [0.5, 0.6) is 0 Å². The van der Waals surface area contributed by atoms with Crippen molar-refractivity contribution in [2.24, 2.45) is 5.92 Å². The molecule has 3 aromatic heterocycles. The molecule has 0 bridgehead atoms. The Hall–Kier alpha value is -2.93. The van der Waals surface area contributed by atoms with Crippen LogP contribution in [0.15, 0.2) is 36.5 Å². The molecule has 2 aliphatic rings. The number of pyridine rings is 2. The van der Waals surface area contributed by atoms with Gasteiger partial charge in [0.1, 0.15) is 17.7 Å². The van der Waals surface area contributed by atoms with Gasteiger partial charge in [0.25, 0.3) is 0 Å². The number of nitrogens with one attached hydrogen (secondary N) is 1. The van der Waals surface area contributed by atoms with Gasteiger partial charge in [0, 0.05) is 25.3 Å². The highest BCUT2D eigenvalue weighted by Crippen LogP contribution is 2.29. The predicted molar refractivity (Wildman–Crippen MR) is 151 cm³/mol. The molecule has 0 radical (unpaired) electrons. The van der Waals surface area contributed by atoms with Gasteiger partial charge in [0.2, 0.25) is 0 Å². The molecular weight excluding hydrogens is 462 g/mol. The SMILES string of the molecule is CC.CCCCCCc1ccc2c(n1)NCCC2.Cc1ncc2cccc(C(C(=O)O)N3CC(C)C3)n12. The van der Waals surface area contributed by atoms with Crippen LogP contribution in [0.25, 0.3) is 5.52 Å². The minimum atomic E-state index is -0.799. The summed E-state index contributed by atoms with van der Waals surface area (Å²) in [6.07, 6.45) is 10.6. The second-order valence-corrected chi connectivity index (χ2v) is 9.97. The third kappa shape index (κ3) is 7.31. The van der Waals surface area contributed by atoms with Gasteiger partial charge in [-0.3, -0.25) is 14.1 Å². The molecule has 202 valence electrons. The number of aromatic nitrogens is 3. The van der Waals surface area contributed by atoms with Crippen LogP contribution in [0, 0.1) is 12.8 Å². The summed E-state index contributed by atoms with van der Waals surface area (Å²) in [5.41, 5.74) is 4.37. The number of imidazole rings is 1. The monoisotopic (exact) mass is 507 g/mol. The molecule has 0 saturated carbocycles. The Labute approximate surface area is 222 Å². The second-order valence-electron chi connectivity index (χ2n) is 9.97. The van der Waals surface area contributed by atoms with E-state index < -0.39 is 12.0 Å². The van der Waals surface area contributed by atoms with Crippen LogP contribution in [-0.2, 0) is 17.6 Å². The van der Waals surface area contributed by atoms with Crippen LogP contribution < -0.4 is 5.32 Å². The highest BCUT2D eigenvalue weighted by Gasteiger charge is 2.36. The fraction of sp³-hybridized carbons (Fsp3) is 0.567. The molecule has 2 N–H and O–H groups in total. The molecule has 7 nitrogen and oxygen atoms in total. The van der Waals surface area contributed by atoms with Crippen molar-refractivity contribution in [3.05, 3.63) is 59.3 Å². The highest BCUT2D eigenvalue weighted by molar-refractivity contribution is 5.75. The minimum absolute atomic E-state index is 0.574. The number of likely N-dealkylation sites (tertiary alicyclic amines) is 1. The number of carboxylic acids is 1. The van der Waals surface area contributed by atoms with E-state index in [1.807, 2.05) is 48.3 Å². The minimum Gasteiger partial charge on any atom is -0.480 e. The number of nitrogens with zero attached hydrogens (tertiary/aromatic N) is 4. The van der Waals surface area contributed by atoms with E-state index in [9.17, 15) is 9.90 Å². The van der Waals surface area contributed by atoms with Crippen molar-refractivity contribution in [3.8, 4) is 0 Å². The maximum Gasteiger partial charge on any atom is 0.327 e.